The van der Waals surface area contributed by atoms with Gasteiger partial charge in [-0.05, 0) is 18.1 Å². The summed E-state index contributed by atoms with van der Waals surface area (Å²) in [6.45, 7) is 6.81. The van der Waals surface area contributed by atoms with Crippen molar-refractivity contribution in [3.63, 3.8) is 0 Å². The van der Waals surface area contributed by atoms with Crippen LogP contribution >= 0.6 is 0 Å². The first-order chi connectivity index (χ1) is 9.38. The summed E-state index contributed by atoms with van der Waals surface area (Å²) in [5.74, 6) is 0. The second-order valence-corrected chi connectivity index (χ2v) is 5.37. The van der Waals surface area contributed by atoms with Crippen molar-refractivity contribution in [2.45, 2.75) is 19.0 Å². The third-order valence-electron chi connectivity index (χ3n) is 4.28. The fourth-order valence-electron chi connectivity index (χ4n) is 3.19. The van der Waals surface area contributed by atoms with E-state index in [2.05, 4.69) is 34.1 Å². The fourth-order valence-corrected chi connectivity index (χ4v) is 3.19. The first kappa shape index (κ1) is 12.9. The predicted molar refractivity (Wildman–Crippen MR) is 77.3 cm³/mol. The highest BCUT2D eigenvalue weighted by Crippen LogP contribution is 2.26. The van der Waals surface area contributed by atoms with E-state index in [9.17, 15) is 0 Å². The van der Waals surface area contributed by atoms with E-state index in [0.29, 0.717) is 12.6 Å². The Morgan fingerprint density at radius 1 is 1.16 bits per heavy atom. The molecule has 0 amide bonds. The highest BCUT2D eigenvalue weighted by molar-refractivity contribution is 5.54. The first-order valence-electron chi connectivity index (χ1n) is 7.23. The fraction of sp³-hybridized carbons (Fsp3) is 0.600. The second kappa shape index (κ2) is 5.90. The molecule has 0 radical (unpaired) electrons. The van der Waals surface area contributed by atoms with Crippen LogP contribution in [0, 0.1) is 0 Å². The van der Waals surface area contributed by atoms with E-state index in [1.54, 1.807) is 0 Å². The Kier molecular flexibility index (Phi) is 4.01. The number of hydrogen-bond donors (Lipinski definition) is 1. The molecule has 2 fully saturated rings. The summed E-state index contributed by atoms with van der Waals surface area (Å²) in [5.41, 5.74) is 8.42. The van der Waals surface area contributed by atoms with Gasteiger partial charge in [0.05, 0.1) is 13.2 Å². The molecule has 0 saturated carbocycles. The summed E-state index contributed by atoms with van der Waals surface area (Å²) in [7, 11) is 0. The predicted octanol–water partition coefficient (Wildman–Crippen LogP) is 1.06. The second-order valence-electron chi connectivity index (χ2n) is 5.37. The van der Waals surface area contributed by atoms with Crippen molar-refractivity contribution in [3.8, 4) is 0 Å². The normalized spacial score (nSPS) is 24.9. The molecule has 2 aliphatic heterocycles. The summed E-state index contributed by atoms with van der Waals surface area (Å²) in [6.07, 6.45) is 1.25. The Morgan fingerprint density at radius 2 is 1.95 bits per heavy atom. The number of rotatable bonds is 3. The van der Waals surface area contributed by atoms with Gasteiger partial charge in [-0.25, -0.2) is 0 Å². The van der Waals surface area contributed by atoms with Gasteiger partial charge in [-0.15, -0.1) is 0 Å². The van der Waals surface area contributed by atoms with Crippen LogP contribution in [0.1, 0.15) is 12.0 Å². The molecular formula is C15H23N3O. The Labute approximate surface area is 115 Å². The maximum atomic E-state index is 5.84. The van der Waals surface area contributed by atoms with Crippen LogP contribution < -0.4 is 10.6 Å². The highest BCUT2D eigenvalue weighted by Gasteiger charge is 2.29. The van der Waals surface area contributed by atoms with Crippen molar-refractivity contribution >= 4 is 5.69 Å². The SMILES string of the molecule is NCc1ccccc1N1CCC(N2CCOCC2)C1. The molecule has 1 aromatic rings. The molecule has 0 bridgehead atoms. The van der Waals surface area contributed by atoms with Crippen molar-refractivity contribution < 1.29 is 4.74 Å². The molecule has 4 nitrogen and oxygen atoms in total. The van der Waals surface area contributed by atoms with Crippen LogP contribution in [0.2, 0.25) is 0 Å². The smallest absolute Gasteiger partial charge is 0.0594 e. The number of nitrogens with zero attached hydrogens (tertiary/aromatic N) is 2. The number of benzene rings is 1. The van der Waals surface area contributed by atoms with Gasteiger partial charge in [0.25, 0.3) is 0 Å². The van der Waals surface area contributed by atoms with Crippen molar-refractivity contribution in [3.05, 3.63) is 29.8 Å². The molecule has 1 atom stereocenters. The zero-order valence-electron chi connectivity index (χ0n) is 11.4. The number of hydrogen-bond acceptors (Lipinski definition) is 4. The van der Waals surface area contributed by atoms with Crippen molar-refractivity contribution in [1.82, 2.24) is 4.90 Å². The standard InChI is InChI=1S/C15H23N3O/c16-11-13-3-1-2-4-15(13)18-6-5-14(12-18)17-7-9-19-10-8-17/h1-4,14H,5-12,16H2. The molecule has 2 heterocycles. The Morgan fingerprint density at radius 3 is 2.74 bits per heavy atom. The Balaban J connectivity index is 1.67. The lowest BCUT2D eigenvalue weighted by molar-refractivity contribution is 0.0209. The van der Waals surface area contributed by atoms with Crippen molar-refractivity contribution in [1.29, 1.82) is 0 Å². The van der Waals surface area contributed by atoms with Gasteiger partial charge in [0, 0.05) is 44.5 Å². The van der Waals surface area contributed by atoms with Crippen LogP contribution in [-0.4, -0.2) is 50.3 Å². The van der Waals surface area contributed by atoms with Gasteiger partial charge in [-0.1, -0.05) is 18.2 Å². The molecule has 3 rings (SSSR count). The number of para-hydroxylation sites is 1. The van der Waals surface area contributed by atoms with Crippen LogP contribution in [0.5, 0.6) is 0 Å². The van der Waals surface area contributed by atoms with Gasteiger partial charge in [0.2, 0.25) is 0 Å². The van der Waals surface area contributed by atoms with Gasteiger partial charge in [0.15, 0.2) is 0 Å². The first-order valence-corrected chi connectivity index (χ1v) is 7.23. The van der Waals surface area contributed by atoms with Gasteiger partial charge in [-0.2, -0.15) is 0 Å². The molecule has 2 N–H and O–H groups in total. The molecule has 1 aromatic carbocycles. The molecule has 0 aliphatic carbocycles. The van der Waals surface area contributed by atoms with Gasteiger partial charge < -0.3 is 15.4 Å². The average Bonchev–Trinajstić information content (AvgIpc) is 2.98. The maximum Gasteiger partial charge on any atom is 0.0594 e. The van der Waals surface area contributed by atoms with Crippen molar-refractivity contribution in [2.75, 3.05) is 44.3 Å². The molecule has 0 spiro atoms. The van der Waals surface area contributed by atoms with Crippen LogP contribution in [0.4, 0.5) is 5.69 Å². The van der Waals surface area contributed by atoms with Crippen LogP contribution in [0.3, 0.4) is 0 Å². The number of morpholine rings is 1. The average molecular weight is 261 g/mol. The van der Waals surface area contributed by atoms with Crippen molar-refractivity contribution in [2.24, 2.45) is 5.73 Å². The molecule has 19 heavy (non-hydrogen) atoms. The van der Waals surface area contributed by atoms with E-state index in [1.807, 2.05) is 0 Å². The molecule has 104 valence electrons. The third-order valence-corrected chi connectivity index (χ3v) is 4.28. The summed E-state index contributed by atoms with van der Waals surface area (Å²) < 4.78 is 5.44. The van der Waals surface area contributed by atoms with E-state index < -0.39 is 0 Å². The third kappa shape index (κ3) is 2.76. The Bertz CT molecular complexity index is 418. The summed E-state index contributed by atoms with van der Waals surface area (Å²) >= 11 is 0. The van der Waals surface area contributed by atoms with Gasteiger partial charge in [-0.3, -0.25) is 4.90 Å². The lowest BCUT2D eigenvalue weighted by Crippen LogP contribution is -2.44. The minimum atomic E-state index is 0.620. The maximum absolute atomic E-state index is 5.84. The lowest BCUT2D eigenvalue weighted by Gasteiger charge is -2.32. The van der Waals surface area contributed by atoms with Crippen LogP contribution in [0.25, 0.3) is 0 Å². The van der Waals surface area contributed by atoms with Gasteiger partial charge in [0.1, 0.15) is 0 Å². The van der Waals surface area contributed by atoms with Gasteiger partial charge >= 0.3 is 0 Å². The molecule has 0 aromatic heterocycles. The number of anilines is 1. The minimum absolute atomic E-state index is 0.620. The van der Waals surface area contributed by atoms with E-state index in [1.165, 1.54) is 17.7 Å². The zero-order chi connectivity index (χ0) is 13.1. The van der Waals surface area contributed by atoms with E-state index in [4.69, 9.17) is 10.5 Å². The monoisotopic (exact) mass is 261 g/mol. The van der Waals surface area contributed by atoms with E-state index in [-0.39, 0.29) is 0 Å². The highest BCUT2D eigenvalue weighted by atomic mass is 16.5. The minimum Gasteiger partial charge on any atom is -0.379 e. The van der Waals surface area contributed by atoms with E-state index >= 15 is 0 Å². The Hall–Kier alpha value is -1.10. The quantitative estimate of drug-likeness (QED) is 0.883. The van der Waals surface area contributed by atoms with Crippen LogP contribution in [0.15, 0.2) is 24.3 Å². The molecule has 2 aliphatic rings. The van der Waals surface area contributed by atoms with Crippen LogP contribution in [-0.2, 0) is 11.3 Å². The number of ether oxygens (including phenoxy) is 1. The molecule has 1 unspecified atom stereocenters. The summed E-state index contributed by atoms with van der Waals surface area (Å²) in [6, 6.07) is 9.19. The van der Waals surface area contributed by atoms with E-state index in [0.717, 1.165) is 39.4 Å². The summed E-state index contributed by atoms with van der Waals surface area (Å²) in [5, 5.41) is 0. The molecule has 4 heteroatoms. The topological polar surface area (TPSA) is 41.7 Å². The number of nitrogens with two attached hydrogens (primary N) is 1. The summed E-state index contributed by atoms with van der Waals surface area (Å²) in [4.78, 5) is 5.07. The zero-order valence-corrected chi connectivity index (χ0v) is 11.4. The lowest BCUT2D eigenvalue weighted by atomic mass is 10.1. The largest absolute Gasteiger partial charge is 0.379 e. The molecular weight excluding hydrogens is 238 g/mol. The molecule has 2 saturated heterocycles.